The summed E-state index contributed by atoms with van der Waals surface area (Å²) in [5.74, 6) is -0.530. The van der Waals surface area contributed by atoms with Gasteiger partial charge in [0, 0.05) is 11.3 Å². The number of amides is 1. The highest BCUT2D eigenvalue weighted by atomic mass is 32.2. The zero-order valence-electron chi connectivity index (χ0n) is 23.7. The molecule has 1 atom stereocenters. The van der Waals surface area contributed by atoms with Crippen LogP contribution in [-0.4, -0.2) is 40.2 Å². The molecule has 0 bridgehead atoms. The van der Waals surface area contributed by atoms with Gasteiger partial charge in [-0.1, -0.05) is 61.2 Å². The number of ketones is 1. The Bertz CT molecular complexity index is 1620. The number of aliphatic hydroxyl groups is 1. The number of nitrogens with zero attached hydrogens (tertiary/aromatic N) is 3. The molecule has 3 aromatic carbocycles. The van der Waals surface area contributed by atoms with Gasteiger partial charge >= 0.3 is 5.91 Å². The fourth-order valence-corrected chi connectivity index (χ4v) is 6.33. The first kappa shape index (κ1) is 30.2. The number of carbonyl (C=O) groups is 2. The van der Waals surface area contributed by atoms with Crippen molar-refractivity contribution >= 4 is 45.7 Å². The fourth-order valence-electron chi connectivity index (χ4n) is 4.51. The van der Waals surface area contributed by atoms with Crippen molar-refractivity contribution in [2.75, 3.05) is 18.1 Å². The van der Waals surface area contributed by atoms with E-state index in [1.807, 2.05) is 13.8 Å². The number of anilines is 1. The summed E-state index contributed by atoms with van der Waals surface area (Å²) in [5, 5.41) is 20.2. The molecule has 1 saturated heterocycles. The van der Waals surface area contributed by atoms with E-state index in [0.29, 0.717) is 45.9 Å². The number of Topliss-reactive ketones (excluding diaryl/α,β-unsaturated/α-hetero) is 1. The monoisotopic (exact) mass is 619 g/mol. The number of halogens is 1. The van der Waals surface area contributed by atoms with Crippen molar-refractivity contribution in [1.29, 1.82) is 0 Å². The number of benzene rings is 3. The molecule has 0 radical (unpaired) electrons. The summed E-state index contributed by atoms with van der Waals surface area (Å²) in [6.07, 6.45) is 1.66. The van der Waals surface area contributed by atoms with Crippen LogP contribution in [0.15, 0.2) is 82.7 Å². The molecule has 8 nitrogen and oxygen atoms in total. The topological polar surface area (TPSA) is 102 Å². The van der Waals surface area contributed by atoms with Crippen LogP contribution in [0.2, 0.25) is 0 Å². The SMILES string of the molecule is CCCOc1ccc(/C(O)=C2\C(=O)C(=O)N(c3nnc(SCc4ccc(F)cc4)s3)C2c2cccc(OCCC)c2)cc1. The summed E-state index contributed by atoms with van der Waals surface area (Å²) in [5.41, 5.74) is 1.79. The van der Waals surface area contributed by atoms with Gasteiger partial charge in [-0.05, 0) is 72.5 Å². The van der Waals surface area contributed by atoms with Gasteiger partial charge in [-0.25, -0.2) is 4.39 Å². The van der Waals surface area contributed by atoms with Gasteiger partial charge in [-0.3, -0.25) is 14.5 Å². The first-order valence-electron chi connectivity index (χ1n) is 13.9. The van der Waals surface area contributed by atoms with Gasteiger partial charge in [0.1, 0.15) is 23.1 Å². The highest BCUT2D eigenvalue weighted by molar-refractivity contribution is 8.00. The molecule has 1 unspecified atom stereocenters. The minimum absolute atomic E-state index is 0.0596. The second-order valence-electron chi connectivity index (χ2n) is 9.73. The minimum atomic E-state index is -0.968. The van der Waals surface area contributed by atoms with Crippen molar-refractivity contribution in [3.05, 3.63) is 101 Å². The second-order valence-corrected chi connectivity index (χ2v) is 11.9. The molecule has 0 aliphatic carbocycles. The van der Waals surface area contributed by atoms with Gasteiger partial charge in [0.05, 0.1) is 24.8 Å². The molecule has 0 saturated carbocycles. The number of rotatable bonds is 12. The van der Waals surface area contributed by atoms with Crippen LogP contribution in [0.5, 0.6) is 11.5 Å². The van der Waals surface area contributed by atoms with Crippen molar-refractivity contribution in [2.24, 2.45) is 0 Å². The van der Waals surface area contributed by atoms with Crippen molar-refractivity contribution in [2.45, 2.75) is 42.8 Å². The van der Waals surface area contributed by atoms with E-state index in [4.69, 9.17) is 9.47 Å². The number of thioether (sulfide) groups is 1. The summed E-state index contributed by atoms with van der Waals surface area (Å²) in [6.45, 7) is 5.06. The molecule has 11 heteroatoms. The Labute approximate surface area is 257 Å². The first-order chi connectivity index (χ1) is 20.9. The van der Waals surface area contributed by atoms with Gasteiger partial charge in [0.15, 0.2) is 4.34 Å². The van der Waals surface area contributed by atoms with Gasteiger partial charge in [0.25, 0.3) is 5.78 Å². The number of hydrogen-bond donors (Lipinski definition) is 1. The normalized spacial score (nSPS) is 16.1. The average Bonchev–Trinajstić information content (AvgIpc) is 3.60. The lowest BCUT2D eigenvalue weighted by Crippen LogP contribution is -2.29. The van der Waals surface area contributed by atoms with E-state index in [-0.39, 0.29) is 22.3 Å². The van der Waals surface area contributed by atoms with Crippen molar-refractivity contribution < 1.29 is 28.6 Å². The van der Waals surface area contributed by atoms with Gasteiger partial charge in [-0.15, -0.1) is 10.2 Å². The van der Waals surface area contributed by atoms with Crippen LogP contribution in [0.25, 0.3) is 5.76 Å². The predicted octanol–water partition coefficient (Wildman–Crippen LogP) is 7.17. The molecular formula is C32H30FN3O5S2. The van der Waals surface area contributed by atoms with Crippen LogP contribution < -0.4 is 14.4 Å². The zero-order chi connectivity index (χ0) is 30.3. The van der Waals surface area contributed by atoms with Crippen LogP contribution in [0, 0.1) is 5.82 Å². The maximum Gasteiger partial charge on any atom is 0.301 e. The van der Waals surface area contributed by atoms with E-state index in [1.54, 1.807) is 60.7 Å². The fraction of sp³-hybridized carbons (Fsp3) is 0.250. The predicted molar refractivity (Wildman–Crippen MR) is 165 cm³/mol. The Morgan fingerprint density at radius 3 is 2.35 bits per heavy atom. The van der Waals surface area contributed by atoms with E-state index in [1.165, 1.54) is 28.8 Å². The lowest BCUT2D eigenvalue weighted by atomic mass is 9.95. The Morgan fingerprint density at radius 1 is 0.953 bits per heavy atom. The Hall–Kier alpha value is -4.22. The molecule has 1 amide bonds. The summed E-state index contributed by atoms with van der Waals surface area (Å²) in [4.78, 5) is 28.4. The third kappa shape index (κ3) is 6.89. The second kappa shape index (κ2) is 13.8. The summed E-state index contributed by atoms with van der Waals surface area (Å²) < 4.78 is 25.3. The summed E-state index contributed by atoms with van der Waals surface area (Å²) in [7, 11) is 0. The Balaban J connectivity index is 1.52. The Morgan fingerprint density at radius 2 is 1.65 bits per heavy atom. The smallest absolute Gasteiger partial charge is 0.301 e. The number of aliphatic hydroxyl groups excluding tert-OH is 1. The molecule has 1 aliphatic heterocycles. The van der Waals surface area contributed by atoms with Crippen LogP contribution >= 0.6 is 23.1 Å². The van der Waals surface area contributed by atoms with E-state index >= 15 is 0 Å². The van der Waals surface area contributed by atoms with Crippen molar-refractivity contribution in [3.63, 3.8) is 0 Å². The molecule has 1 N–H and O–H groups in total. The molecule has 4 aromatic rings. The molecule has 5 rings (SSSR count). The maximum absolute atomic E-state index is 13.6. The maximum atomic E-state index is 13.6. The third-order valence-corrected chi connectivity index (χ3v) is 8.70. The van der Waals surface area contributed by atoms with E-state index in [9.17, 15) is 19.1 Å². The van der Waals surface area contributed by atoms with Crippen LogP contribution in [0.1, 0.15) is 49.4 Å². The van der Waals surface area contributed by atoms with E-state index in [2.05, 4.69) is 10.2 Å². The molecule has 222 valence electrons. The van der Waals surface area contributed by atoms with E-state index < -0.39 is 17.7 Å². The summed E-state index contributed by atoms with van der Waals surface area (Å²) >= 11 is 2.55. The van der Waals surface area contributed by atoms with Crippen molar-refractivity contribution in [3.8, 4) is 11.5 Å². The number of hydrogen-bond acceptors (Lipinski definition) is 9. The molecular weight excluding hydrogens is 590 g/mol. The minimum Gasteiger partial charge on any atom is -0.507 e. The highest BCUT2D eigenvalue weighted by Crippen LogP contribution is 2.44. The van der Waals surface area contributed by atoms with Crippen molar-refractivity contribution in [1.82, 2.24) is 10.2 Å². The standard InChI is InChI=1S/C32H30FN3O5S2/c1-3-16-40-24-14-10-21(11-15-24)28(37)26-27(22-6-5-7-25(18-22)41-17-4-2)36(30(39)29(26)38)31-34-35-32(43-31)42-19-20-8-12-23(33)13-9-20/h5-15,18,27,37H,3-4,16-17,19H2,1-2H3/b28-26+. The van der Waals surface area contributed by atoms with Crippen LogP contribution in [0.3, 0.4) is 0 Å². The molecule has 1 fully saturated rings. The molecule has 1 aromatic heterocycles. The lowest BCUT2D eigenvalue weighted by molar-refractivity contribution is -0.132. The van der Waals surface area contributed by atoms with Gasteiger partial charge in [0.2, 0.25) is 5.13 Å². The quantitative estimate of drug-likeness (QED) is 0.0586. The average molecular weight is 620 g/mol. The molecule has 0 spiro atoms. The third-order valence-electron chi connectivity index (χ3n) is 6.57. The van der Waals surface area contributed by atoms with Gasteiger partial charge < -0.3 is 14.6 Å². The largest absolute Gasteiger partial charge is 0.507 e. The zero-order valence-corrected chi connectivity index (χ0v) is 25.3. The van der Waals surface area contributed by atoms with Crippen LogP contribution in [-0.2, 0) is 15.3 Å². The first-order valence-corrected chi connectivity index (χ1v) is 15.7. The lowest BCUT2D eigenvalue weighted by Gasteiger charge is -2.23. The number of carbonyl (C=O) groups excluding carboxylic acids is 2. The van der Waals surface area contributed by atoms with E-state index in [0.717, 1.165) is 29.7 Å². The molecule has 1 aliphatic rings. The molecule has 2 heterocycles. The number of ether oxygens (including phenoxy) is 2. The van der Waals surface area contributed by atoms with Crippen LogP contribution in [0.4, 0.5) is 9.52 Å². The Kier molecular flexibility index (Phi) is 9.73. The van der Waals surface area contributed by atoms with Gasteiger partial charge in [-0.2, -0.15) is 0 Å². The summed E-state index contributed by atoms with van der Waals surface area (Å²) in [6, 6.07) is 19.1. The highest BCUT2D eigenvalue weighted by Gasteiger charge is 2.48. The molecule has 43 heavy (non-hydrogen) atoms. The number of aromatic nitrogens is 2.